The molecule has 0 aromatic heterocycles. The van der Waals surface area contributed by atoms with Gasteiger partial charge in [0.15, 0.2) is 11.6 Å². The smallest absolute Gasteiger partial charge is 0.306 e. The monoisotopic (exact) mass is 512 g/mol. The van der Waals surface area contributed by atoms with Crippen molar-refractivity contribution in [3.8, 4) is 0 Å². The maximum absolute atomic E-state index is 13.3. The van der Waals surface area contributed by atoms with E-state index >= 15 is 0 Å². The Morgan fingerprint density at radius 2 is 1.57 bits per heavy atom. The Bertz CT molecular complexity index is 858. The average molecular weight is 513 g/mol. The number of ketones is 2. The summed E-state index contributed by atoms with van der Waals surface area (Å²) in [7, 11) is 0. The van der Waals surface area contributed by atoms with Gasteiger partial charge in [0.05, 0.1) is 0 Å². The predicted octanol–water partition coefficient (Wildman–Crippen LogP) is 8.17. The number of esters is 1. The van der Waals surface area contributed by atoms with E-state index in [0.29, 0.717) is 36.4 Å². The van der Waals surface area contributed by atoms with Crippen LogP contribution in [0.5, 0.6) is 0 Å². The summed E-state index contributed by atoms with van der Waals surface area (Å²) in [6, 6.07) is 0. The number of rotatable bonds is 13. The van der Waals surface area contributed by atoms with Crippen molar-refractivity contribution in [1.29, 1.82) is 0 Å². The molecule has 0 radical (unpaired) electrons. The minimum Gasteiger partial charge on any atom is -0.458 e. The summed E-state index contributed by atoms with van der Waals surface area (Å²) in [5.41, 5.74) is 1.60. The lowest BCUT2D eigenvalue weighted by molar-refractivity contribution is -0.151. The molecule has 3 fully saturated rings. The standard InChI is InChI=1S/C33H52O4/c1-4-5-6-7-8-9-10-11-12-13-31(36)37-23-30(35)29-17-16-27-26-15-14-24-22-25(34)18-20-32(24,2)28(26)19-21-33(27,29)3/h22,26-29H,4-21,23H2,1-3H3/t26-,27-,28-,29+,32-,33-/m0/s1. The van der Waals surface area contributed by atoms with E-state index in [1.54, 1.807) is 0 Å². The van der Waals surface area contributed by atoms with E-state index < -0.39 is 0 Å². The number of allylic oxidation sites excluding steroid dienone is 1. The lowest BCUT2D eigenvalue weighted by Crippen LogP contribution is -2.51. The molecule has 0 bridgehead atoms. The van der Waals surface area contributed by atoms with Gasteiger partial charge in [-0.1, -0.05) is 77.7 Å². The van der Waals surface area contributed by atoms with Crippen molar-refractivity contribution >= 4 is 17.5 Å². The van der Waals surface area contributed by atoms with Crippen LogP contribution in [0.3, 0.4) is 0 Å². The van der Waals surface area contributed by atoms with Crippen molar-refractivity contribution in [2.75, 3.05) is 6.61 Å². The summed E-state index contributed by atoms with van der Waals surface area (Å²) in [5, 5.41) is 0. The molecule has 0 N–H and O–H groups in total. The third-order valence-electron chi connectivity index (χ3n) is 11.2. The topological polar surface area (TPSA) is 60.4 Å². The maximum Gasteiger partial charge on any atom is 0.306 e. The van der Waals surface area contributed by atoms with Gasteiger partial charge in [-0.25, -0.2) is 0 Å². The van der Waals surface area contributed by atoms with E-state index in [2.05, 4.69) is 20.8 Å². The molecule has 4 aliphatic carbocycles. The van der Waals surface area contributed by atoms with Crippen molar-refractivity contribution in [3.05, 3.63) is 11.6 Å². The molecule has 0 saturated heterocycles. The highest BCUT2D eigenvalue weighted by molar-refractivity contribution is 5.91. The number of carbonyl (C=O) groups is 3. The zero-order chi connectivity index (χ0) is 26.5. The highest BCUT2D eigenvalue weighted by Gasteiger charge is 2.60. The summed E-state index contributed by atoms with van der Waals surface area (Å²) in [6.45, 7) is 6.97. The molecular weight excluding hydrogens is 460 g/mol. The Morgan fingerprint density at radius 3 is 2.30 bits per heavy atom. The number of hydrogen-bond acceptors (Lipinski definition) is 4. The van der Waals surface area contributed by atoms with Crippen molar-refractivity contribution < 1.29 is 19.1 Å². The van der Waals surface area contributed by atoms with Crippen LogP contribution in [-0.4, -0.2) is 24.1 Å². The Kier molecular flexibility index (Phi) is 9.73. The second kappa shape index (κ2) is 12.6. The Hall–Kier alpha value is -1.45. The summed E-state index contributed by atoms with van der Waals surface area (Å²) >= 11 is 0. The number of unbranched alkanes of at least 4 members (excludes halogenated alkanes) is 8. The highest BCUT2D eigenvalue weighted by Crippen LogP contribution is 2.66. The molecule has 0 spiro atoms. The minimum absolute atomic E-state index is 0.0247. The van der Waals surface area contributed by atoms with Gasteiger partial charge in [-0.3, -0.25) is 14.4 Å². The molecule has 0 aliphatic heterocycles. The fraction of sp³-hybridized carbons (Fsp3) is 0.848. The first-order valence-electron chi connectivity index (χ1n) is 15.7. The summed E-state index contributed by atoms with van der Waals surface area (Å²) in [6.07, 6.45) is 21.6. The number of hydrogen-bond donors (Lipinski definition) is 0. The van der Waals surface area contributed by atoms with Gasteiger partial charge in [-0.15, -0.1) is 0 Å². The summed E-state index contributed by atoms with van der Waals surface area (Å²) < 4.78 is 5.49. The van der Waals surface area contributed by atoms with E-state index in [9.17, 15) is 14.4 Å². The van der Waals surface area contributed by atoms with Gasteiger partial charge < -0.3 is 4.74 Å². The molecule has 37 heavy (non-hydrogen) atoms. The molecule has 6 atom stereocenters. The van der Waals surface area contributed by atoms with Crippen LogP contribution in [0, 0.1) is 34.5 Å². The van der Waals surface area contributed by atoms with E-state index in [1.807, 2.05) is 6.08 Å². The van der Waals surface area contributed by atoms with E-state index in [1.165, 1.54) is 50.5 Å². The Labute approximate surface area is 225 Å². The van der Waals surface area contributed by atoms with Crippen LogP contribution < -0.4 is 0 Å². The average Bonchev–Trinajstić information content (AvgIpc) is 3.24. The fourth-order valence-electron chi connectivity index (χ4n) is 8.99. The van der Waals surface area contributed by atoms with E-state index in [-0.39, 0.29) is 35.1 Å². The number of carbonyl (C=O) groups excluding carboxylic acids is 3. The van der Waals surface area contributed by atoms with Crippen molar-refractivity contribution in [1.82, 2.24) is 0 Å². The molecule has 4 heteroatoms. The molecule has 208 valence electrons. The first-order chi connectivity index (χ1) is 17.8. The third-order valence-corrected chi connectivity index (χ3v) is 11.2. The molecule has 3 saturated carbocycles. The van der Waals surface area contributed by atoms with Gasteiger partial charge in [-0.05, 0) is 86.0 Å². The maximum atomic E-state index is 13.3. The fourth-order valence-corrected chi connectivity index (χ4v) is 8.99. The summed E-state index contributed by atoms with van der Waals surface area (Å²) in [5.74, 6) is 2.15. The van der Waals surface area contributed by atoms with Gasteiger partial charge in [-0.2, -0.15) is 0 Å². The van der Waals surface area contributed by atoms with E-state index in [4.69, 9.17) is 4.74 Å². The molecule has 0 aromatic carbocycles. The lowest BCUT2D eigenvalue weighted by atomic mass is 9.46. The van der Waals surface area contributed by atoms with Crippen molar-refractivity contribution in [2.24, 2.45) is 34.5 Å². The molecule has 4 rings (SSSR count). The number of fused-ring (bicyclic) bond motifs is 5. The Balaban J connectivity index is 1.21. The molecule has 0 amide bonds. The van der Waals surface area contributed by atoms with Gasteiger partial charge in [0.1, 0.15) is 6.61 Å². The van der Waals surface area contributed by atoms with E-state index in [0.717, 1.165) is 57.8 Å². The summed E-state index contributed by atoms with van der Waals surface area (Å²) in [4.78, 5) is 37.7. The van der Waals surface area contributed by atoms with Gasteiger partial charge in [0, 0.05) is 18.8 Å². The minimum atomic E-state index is -0.203. The zero-order valence-corrected chi connectivity index (χ0v) is 24.0. The molecule has 0 aromatic rings. The van der Waals surface area contributed by atoms with Gasteiger partial charge in [0.25, 0.3) is 0 Å². The first-order valence-corrected chi connectivity index (χ1v) is 15.7. The number of ether oxygens (including phenoxy) is 1. The van der Waals surface area contributed by atoms with Crippen LogP contribution in [0.4, 0.5) is 0 Å². The normalized spacial score (nSPS) is 34.8. The van der Waals surface area contributed by atoms with Gasteiger partial charge >= 0.3 is 5.97 Å². The highest BCUT2D eigenvalue weighted by atomic mass is 16.5. The number of Topliss-reactive ketones (excluding diaryl/α,β-unsaturated/α-hetero) is 1. The molecule has 0 unspecified atom stereocenters. The quantitative estimate of drug-likeness (QED) is 0.184. The van der Waals surface area contributed by atoms with Crippen LogP contribution in [0.1, 0.15) is 136 Å². The molecule has 4 nitrogen and oxygen atoms in total. The first kappa shape index (κ1) is 28.6. The van der Waals surface area contributed by atoms with Crippen LogP contribution >= 0.6 is 0 Å². The molecular formula is C33H52O4. The SMILES string of the molecule is CCCCCCCCCCCC(=O)OCC(=O)[C@H]1CC[C@H]2[C@@H]3CCC4=CC(=O)CC[C@]4(C)[C@H]3CC[C@]12C. The van der Waals surface area contributed by atoms with Crippen LogP contribution in [0.15, 0.2) is 11.6 Å². The van der Waals surface area contributed by atoms with Gasteiger partial charge in [0.2, 0.25) is 0 Å². The molecule has 4 aliphatic rings. The lowest BCUT2D eigenvalue weighted by Gasteiger charge is -2.58. The molecule has 0 heterocycles. The second-order valence-electron chi connectivity index (χ2n) is 13.3. The van der Waals surface area contributed by atoms with Crippen LogP contribution in [-0.2, 0) is 19.1 Å². The van der Waals surface area contributed by atoms with Crippen LogP contribution in [0.2, 0.25) is 0 Å². The van der Waals surface area contributed by atoms with Crippen molar-refractivity contribution in [2.45, 2.75) is 136 Å². The predicted molar refractivity (Wildman–Crippen MR) is 148 cm³/mol. The van der Waals surface area contributed by atoms with Crippen molar-refractivity contribution in [3.63, 3.8) is 0 Å². The largest absolute Gasteiger partial charge is 0.458 e. The zero-order valence-electron chi connectivity index (χ0n) is 24.0. The third kappa shape index (κ3) is 6.25. The second-order valence-corrected chi connectivity index (χ2v) is 13.3. The Morgan fingerprint density at radius 1 is 0.865 bits per heavy atom. The van der Waals surface area contributed by atoms with Crippen LogP contribution in [0.25, 0.3) is 0 Å².